The molecular formula is C23H29ClN2. The van der Waals surface area contributed by atoms with Gasteiger partial charge in [0.1, 0.15) is 0 Å². The van der Waals surface area contributed by atoms with Gasteiger partial charge in [-0.1, -0.05) is 54.4 Å². The van der Waals surface area contributed by atoms with Crippen molar-refractivity contribution in [3.8, 4) is 0 Å². The van der Waals surface area contributed by atoms with Crippen LogP contribution in [0.4, 0.5) is 5.69 Å². The molecule has 3 heteroatoms. The van der Waals surface area contributed by atoms with Gasteiger partial charge in [0.2, 0.25) is 0 Å². The zero-order valence-corrected chi connectivity index (χ0v) is 16.3. The second-order valence-electron chi connectivity index (χ2n) is 7.71. The van der Waals surface area contributed by atoms with Gasteiger partial charge in [-0.25, -0.2) is 0 Å². The largest absolute Gasteiger partial charge is 0.368 e. The van der Waals surface area contributed by atoms with Gasteiger partial charge in [-0.2, -0.15) is 0 Å². The summed E-state index contributed by atoms with van der Waals surface area (Å²) < 4.78 is 0. The molecule has 1 aliphatic heterocycles. The molecule has 0 saturated carbocycles. The zero-order valence-electron chi connectivity index (χ0n) is 15.5. The number of anilines is 1. The summed E-state index contributed by atoms with van der Waals surface area (Å²) >= 11 is 6.34. The average Bonchev–Trinajstić information content (AvgIpc) is 3.09. The number of hydrogen-bond acceptors (Lipinski definition) is 2. The highest BCUT2D eigenvalue weighted by molar-refractivity contribution is 6.33. The smallest absolute Gasteiger partial charge is 0.0639 e. The lowest BCUT2D eigenvalue weighted by atomic mass is 9.95. The number of nitrogens with zero attached hydrogens (tertiary/aromatic N) is 2. The molecule has 2 aromatic carbocycles. The molecule has 4 rings (SSSR count). The normalized spacial score (nSPS) is 20.3. The van der Waals surface area contributed by atoms with Gasteiger partial charge in [0.25, 0.3) is 0 Å². The lowest BCUT2D eigenvalue weighted by Crippen LogP contribution is -2.46. The average molecular weight is 369 g/mol. The molecule has 1 aliphatic carbocycles. The van der Waals surface area contributed by atoms with E-state index in [2.05, 4.69) is 46.2 Å². The molecule has 0 aromatic heterocycles. The van der Waals surface area contributed by atoms with Gasteiger partial charge in [-0.3, -0.25) is 4.90 Å². The van der Waals surface area contributed by atoms with E-state index in [1.807, 2.05) is 12.1 Å². The van der Waals surface area contributed by atoms with Crippen LogP contribution in [0.1, 0.15) is 42.7 Å². The fourth-order valence-electron chi connectivity index (χ4n) is 4.59. The van der Waals surface area contributed by atoms with Crippen LogP contribution in [0.25, 0.3) is 0 Å². The van der Waals surface area contributed by atoms with Crippen molar-refractivity contribution < 1.29 is 0 Å². The SMILES string of the molecule is Clc1ccccc1N1CCN(CCCCC2CCc3ccccc32)CC1. The van der Waals surface area contributed by atoms with Crippen molar-refractivity contribution in [3.05, 3.63) is 64.7 Å². The molecular weight excluding hydrogens is 340 g/mol. The minimum Gasteiger partial charge on any atom is -0.368 e. The van der Waals surface area contributed by atoms with Crippen LogP contribution in [0, 0.1) is 0 Å². The maximum Gasteiger partial charge on any atom is 0.0639 e. The van der Waals surface area contributed by atoms with Crippen molar-refractivity contribution in [1.29, 1.82) is 0 Å². The number of rotatable bonds is 6. The Morgan fingerprint density at radius 1 is 0.885 bits per heavy atom. The molecule has 138 valence electrons. The van der Waals surface area contributed by atoms with Crippen molar-refractivity contribution in [3.63, 3.8) is 0 Å². The molecule has 0 radical (unpaired) electrons. The van der Waals surface area contributed by atoms with Crippen LogP contribution in [0.5, 0.6) is 0 Å². The maximum absolute atomic E-state index is 6.34. The number of fused-ring (bicyclic) bond motifs is 1. The summed E-state index contributed by atoms with van der Waals surface area (Å²) in [5, 5.41) is 0.873. The molecule has 0 amide bonds. The van der Waals surface area contributed by atoms with Crippen LogP contribution < -0.4 is 4.90 Å². The summed E-state index contributed by atoms with van der Waals surface area (Å²) in [5.74, 6) is 0.809. The summed E-state index contributed by atoms with van der Waals surface area (Å²) in [5.41, 5.74) is 4.41. The number of halogens is 1. The van der Waals surface area contributed by atoms with E-state index in [1.165, 1.54) is 44.3 Å². The van der Waals surface area contributed by atoms with Crippen molar-refractivity contribution in [2.45, 2.75) is 38.0 Å². The molecule has 1 fully saturated rings. The molecule has 0 spiro atoms. The molecule has 0 N–H and O–H groups in total. The third kappa shape index (κ3) is 4.07. The van der Waals surface area contributed by atoms with Crippen molar-refractivity contribution in [2.75, 3.05) is 37.6 Å². The van der Waals surface area contributed by atoms with Crippen LogP contribution in [-0.2, 0) is 6.42 Å². The Labute approximate surface area is 162 Å². The van der Waals surface area contributed by atoms with Gasteiger partial charge in [0, 0.05) is 26.2 Å². The first kappa shape index (κ1) is 17.9. The molecule has 26 heavy (non-hydrogen) atoms. The van der Waals surface area contributed by atoms with Crippen molar-refractivity contribution >= 4 is 17.3 Å². The number of para-hydroxylation sites is 1. The van der Waals surface area contributed by atoms with Gasteiger partial charge in [-0.15, -0.1) is 0 Å². The van der Waals surface area contributed by atoms with Gasteiger partial charge >= 0.3 is 0 Å². The molecule has 2 aromatic rings. The van der Waals surface area contributed by atoms with E-state index in [0.29, 0.717) is 0 Å². The minimum atomic E-state index is 0.809. The predicted molar refractivity (Wildman–Crippen MR) is 111 cm³/mol. The highest BCUT2D eigenvalue weighted by Crippen LogP contribution is 2.36. The van der Waals surface area contributed by atoms with E-state index in [4.69, 9.17) is 11.6 Å². The number of hydrogen-bond donors (Lipinski definition) is 0. The first-order valence-electron chi connectivity index (χ1n) is 10.1. The molecule has 1 saturated heterocycles. The maximum atomic E-state index is 6.34. The Balaban J connectivity index is 1.18. The zero-order chi connectivity index (χ0) is 17.8. The molecule has 2 aliphatic rings. The lowest BCUT2D eigenvalue weighted by Gasteiger charge is -2.36. The Hall–Kier alpha value is -1.51. The highest BCUT2D eigenvalue weighted by atomic mass is 35.5. The van der Waals surface area contributed by atoms with E-state index >= 15 is 0 Å². The topological polar surface area (TPSA) is 6.48 Å². The minimum absolute atomic E-state index is 0.809. The summed E-state index contributed by atoms with van der Waals surface area (Å²) in [6.07, 6.45) is 6.67. The number of piperazine rings is 1. The van der Waals surface area contributed by atoms with Gasteiger partial charge in [0.15, 0.2) is 0 Å². The van der Waals surface area contributed by atoms with Gasteiger partial charge in [-0.05, 0) is 61.4 Å². The fraction of sp³-hybridized carbons (Fsp3) is 0.478. The lowest BCUT2D eigenvalue weighted by molar-refractivity contribution is 0.251. The molecule has 1 unspecified atom stereocenters. The monoisotopic (exact) mass is 368 g/mol. The first-order chi connectivity index (χ1) is 12.8. The van der Waals surface area contributed by atoms with Crippen LogP contribution in [0.3, 0.4) is 0 Å². The number of aryl methyl sites for hydroxylation is 1. The Bertz CT molecular complexity index is 722. The third-order valence-corrected chi connectivity index (χ3v) is 6.42. The molecule has 2 nitrogen and oxygen atoms in total. The van der Waals surface area contributed by atoms with Gasteiger partial charge < -0.3 is 4.90 Å². The van der Waals surface area contributed by atoms with Crippen LogP contribution in [0.2, 0.25) is 5.02 Å². The van der Waals surface area contributed by atoms with Crippen LogP contribution in [0.15, 0.2) is 48.5 Å². The molecule has 1 heterocycles. The van der Waals surface area contributed by atoms with Crippen molar-refractivity contribution in [2.24, 2.45) is 0 Å². The van der Waals surface area contributed by atoms with E-state index < -0.39 is 0 Å². The Kier molecular flexibility index (Phi) is 5.81. The third-order valence-electron chi connectivity index (χ3n) is 6.10. The second-order valence-corrected chi connectivity index (χ2v) is 8.12. The van der Waals surface area contributed by atoms with Gasteiger partial charge in [0.05, 0.1) is 10.7 Å². The highest BCUT2D eigenvalue weighted by Gasteiger charge is 2.22. The molecule has 0 bridgehead atoms. The summed E-state index contributed by atoms with van der Waals surface area (Å²) in [6, 6.07) is 17.3. The predicted octanol–water partition coefficient (Wildman–Crippen LogP) is 5.36. The summed E-state index contributed by atoms with van der Waals surface area (Å²) in [4.78, 5) is 5.05. The number of unbranched alkanes of at least 4 members (excludes halogenated alkanes) is 1. The standard InChI is InChI=1S/C23H29ClN2/c24-22-10-3-4-11-23(22)26-17-15-25(16-18-26)14-6-5-8-20-13-12-19-7-1-2-9-21(19)20/h1-4,7,9-11,20H,5-6,8,12-18H2. The first-order valence-corrected chi connectivity index (χ1v) is 10.5. The second kappa shape index (κ2) is 8.45. The molecule has 1 atom stereocenters. The number of benzene rings is 2. The van der Waals surface area contributed by atoms with Crippen LogP contribution >= 0.6 is 11.6 Å². The summed E-state index contributed by atoms with van der Waals surface area (Å²) in [6.45, 7) is 5.71. The van der Waals surface area contributed by atoms with Crippen LogP contribution in [-0.4, -0.2) is 37.6 Å². The fourth-order valence-corrected chi connectivity index (χ4v) is 4.85. The van der Waals surface area contributed by atoms with E-state index in [0.717, 1.165) is 37.1 Å². The van der Waals surface area contributed by atoms with E-state index in [9.17, 15) is 0 Å². The Morgan fingerprint density at radius 2 is 1.65 bits per heavy atom. The van der Waals surface area contributed by atoms with Crippen molar-refractivity contribution in [1.82, 2.24) is 4.90 Å². The quantitative estimate of drug-likeness (QED) is 0.633. The van der Waals surface area contributed by atoms with E-state index in [1.54, 1.807) is 11.1 Å². The summed E-state index contributed by atoms with van der Waals surface area (Å²) in [7, 11) is 0. The van der Waals surface area contributed by atoms with E-state index in [-0.39, 0.29) is 0 Å². The Morgan fingerprint density at radius 3 is 2.50 bits per heavy atom.